The molecule has 1 N–H and O–H groups in total. The second-order valence-electron chi connectivity index (χ2n) is 6.42. The van der Waals surface area contributed by atoms with E-state index in [1.807, 2.05) is 26.8 Å². The Morgan fingerprint density at radius 2 is 1.76 bits per heavy atom. The number of rotatable bonds is 9. The fraction of sp³-hybridized carbons (Fsp3) is 0.333. The number of hydrogen-bond acceptors (Lipinski definition) is 5. The van der Waals surface area contributed by atoms with Crippen molar-refractivity contribution in [2.24, 2.45) is 5.10 Å². The highest BCUT2D eigenvalue weighted by molar-refractivity contribution is 7.92. The average Bonchev–Trinajstić information content (AvgIpc) is 2.73. The van der Waals surface area contributed by atoms with Crippen molar-refractivity contribution in [3.8, 4) is 5.75 Å². The summed E-state index contributed by atoms with van der Waals surface area (Å²) in [5, 5.41) is 4.09. The largest absolute Gasteiger partial charge is 0.495 e. The van der Waals surface area contributed by atoms with E-state index in [0.29, 0.717) is 24.3 Å². The number of amides is 1. The molecule has 0 saturated heterocycles. The molecule has 0 unspecified atom stereocenters. The Morgan fingerprint density at radius 3 is 2.34 bits per heavy atom. The Morgan fingerprint density at radius 1 is 1.10 bits per heavy atom. The van der Waals surface area contributed by atoms with E-state index in [0.717, 1.165) is 15.6 Å². The molecule has 2 aromatic rings. The lowest BCUT2D eigenvalue weighted by Crippen LogP contribution is -2.40. The maximum Gasteiger partial charge on any atom is 0.264 e. The quantitative estimate of drug-likeness (QED) is 0.500. The van der Waals surface area contributed by atoms with Crippen LogP contribution in [0.25, 0.3) is 0 Å². The molecule has 0 aromatic heterocycles. The fourth-order valence-corrected chi connectivity index (χ4v) is 4.17. The van der Waals surface area contributed by atoms with Gasteiger partial charge in [-0.05, 0) is 49.6 Å². The molecule has 29 heavy (non-hydrogen) atoms. The number of carbonyl (C=O) groups excluding carboxylic acids is 1. The third kappa shape index (κ3) is 5.57. The van der Waals surface area contributed by atoms with Crippen molar-refractivity contribution in [1.82, 2.24) is 5.43 Å². The van der Waals surface area contributed by atoms with E-state index >= 15 is 0 Å². The predicted molar refractivity (Wildman–Crippen MR) is 115 cm³/mol. The SMILES string of the molecule is CCC(CC)=NNC(=O)CN(c1cc(C)ccc1OC)S(=O)(=O)c1ccccc1. The second-order valence-corrected chi connectivity index (χ2v) is 8.28. The maximum atomic E-state index is 13.4. The highest BCUT2D eigenvalue weighted by atomic mass is 32.2. The average molecular weight is 418 g/mol. The highest BCUT2D eigenvalue weighted by Crippen LogP contribution is 2.33. The van der Waals surface area contributed by atoms with Crippen LogP contribution in [0.3, 0.4) is 0 Å². The van der Waals surface area contributed by atoms with Crippen molar-refractivity contribution < 1.29 is 17.9 Å². The van der Waals surface area contributed by atoms with E-state index in [9.17, 15) is 13.2 Å². The number of anilines is 1. The first-order valence-corrected chi connectivity index (χ1v) is 10.8. The summed E-state index contributed by atoms with van der Waals surface area (Å²) in [7, 11) is -2.55. The molecule has 0 aliphatic heterocycles. The zero-order chi connectivity index (χ0) is 21.4. The zero-order valence-electron chi connectivity index (χ0n) is 17.2. The Bertz CT molecular complexity index is 967. The minimum atomic E-state index is -4.00. The van der Waals surface area contributed by atoms with Crippen LogP contribution < -0.4 is 14.5 Å². The van der Waals surface area contributed by atoms with Crippen LogP contribution in [-0.2, 0) is 14.8 Å². The van der Waals surface area contributed by atoms with E-state index < -0.39 is 22.5 Å². The van der Waals surface area contributed by atoms with Gasteiger partial charge in [-0.1, -0.05) is 38.1 Å². The minimum Gasteiger partial charge on any atom is -0.495 e. The van der Waals surface area contributed by atoms with Crippen molar-refractivity contribution in [2.45, 2.75) is 38.5 Å². The van der Waals surface area contributed by atoms with Gasteiger partial charge >= 0.3 is 0 Å². The number of carbonyl (C=O) groups is 1. The van der Waals surface area contributed by atoms with Gasteiger partial charge in [-0.25, -0.2) is 13.8 Å². The molecule has 0 fully saturated rings. The van der Waals surface area contributed by atoms with Crippen LogP contribution >= 0.6 is 0 Å². The van der Waals surface area contributed by atoms with Gasteiger partial charge in [0.25, 0.3) is 15.9 Å². The van der Waals surface area contributed by atoms with E-state index in [4.69, 9.17) is 4.74 Å². The molecule has 0 bridgehead atoms. The lowest BCUT2D eigenvalue weighted by Gasteiger charge is -2.25. The van der Waals surface area contributed by atoms with Gasteiger partial charge in [0.15, 0.2) is 0 Å². The smallest absolute Gasteiger partial charge is 0.264 e. The Kier molecular flexibility index (Phi) is 7.78. The molecule has 0 aliphatic carbocycles. The highest BCUT2D eigenvalue weighted by Gasteiger charge is 2.29. The lowest BCUT2D eigenvalue weighted by molar-refractivity contribution is -0.119. The van der Waals surface area contributed by atoms with E-state index in [1.165, 1.54) is 19.2 Å². The van der Waals surface area contributed by atoms with Crippen LogP contribution in [0, 0.1) is 6.92 Å². The van der Waals surface area contributed by atoms with Crippen LogP contribution in [0.15, 0.2) is 58.5 Å². The van der Waals surface area contributed by atoms with Crippen molar-refractivity contribution in [3.05, 3.63) is 54.1 Å². The summed E-state index contributed by atoms with van der Waals surface area (Å²) in [6.45, 7) is 5.30. The molecular weight excluding hydrogens is 390 g/mol. The van der Waals surface area contributed by atoms with Gasteiger partial charge in [0, 0.05) is 5.71 Å². The molecule has 0 saturated carbocycles. The zero-order valence-corrected chi connectivity index (χ0v) is 18.0. The number of ether oxygens (including phenoxy) is 1. The first-order chi connectivity index (χ1) is 13.8. The van der Waals surface area contributed by atoms with Gasteiger partial charge in [-0.2, -0.15) is 5.10 Å². The molecule has 2 rings (SSSR count). The van der Waals surface area contributed by atoms with E-state index in [2.05, 4.69) is 10.5 Å². The molecule has 0 radical (unpaired) electrons. The third-order valence-corrected chi connectivity index (χ3v) is 6.15. The third-order valence-electron chi connectivity index (χ3n) is 4.38. The van der Waals surface area contributed by atoms with Crippen LogP contribution in [0.5, 0.6) is 5.75 Å². The molecule has 7 nitrogen and oxygen atoms in total. The molecule has 156 valence electrons. The number of hydrogen-bond donors (Lipinski definition) is 1. The molecule has 8 heteroatoms. The number of methoxy groups -OCH3 is 1. The second kappa shape index (κ2) is 10.1. The summed E-state index contributed by atoms with van der Waals surface area (Å²) in [6, 6.07) is 13.2. The Hall–Kier alpha value is -2.87. The monoisotopic (exact) mass is 417 g/mol. The molecule has 1 amide bonds. The van der Waals surface area contributed by atoms with Gasteiger partial charge in [-0.3, -0.25) is 9.10 Å². The predicted octanol–water partition coefficient (Wildman–Crippen LogP) is 3.49. The molecule has 0 heterocycles. The van der Waals surface area contributed by atoms with Crippen LogP contribution in [0.2, 0.25) is 0 Å². The summed E-state index contributed by atoms with van der Waals surface area (Å²) >= 11 is 0. The Balaban J connectivity index is 2.49. The van der Waals surface area contributed by atoms with Crippen molar-refractivity contribution in [3.63, 3.8) is 0 Å². The minimum absolute atomic E-state index is 0.0858. The Labute approximate surface area is 172 Å². The summed E-state index contributed by atoms with van der Waals surface area (Å²) in [5.74, 6) is -0.179. The number of sulfonamides is 1. The van der Waals surface area contributed by atoms with Gasteiger partial charge in [-0.15, -0.1) is 0 Å². The number of aryl methyl sites for hydroxylation is 1. The number of hydrazone groups is 1. The van der Waals surface area contributed by atoms with E-state index in [1.54, 1.807) is 30.3 Å². The molecule has 0 aliphatic rings. The lowest BCUT2D eigenvalue weighted by atomic mass is 10.2. The fourth-order valence-electron chi connectivity index (χ4n) is 2.73. The van der Waals surface area contributed by atoms with Crippen molar-refractivity contribution >= 4 is 27.3 Å². The van der Waals surface area contributed by atoms with Gasteiger partial charge in [0.2, 0.25) is 0 Å². The molecule has 0 spiro atoms. The standard InChI is InChI=1S/C21H27N3O4S/c1-5-17(6-2)22-23-21(25)15-24(19-14-16(3)12-13-20(19)28-4)29(26,27)18-10-8-7-9-11-18/h7-14H,5-6,15H2,1-4H3,(H,23,25). The van der Waals surface area contributed by atoms with Gasteiger partial charge in [0.1, 0.15) is 12.3 Å². The van der Waals surface area contributed by atoms with Crippen LogP contribution in [0.1, 0.15) is 32.3 Å². The van der Waals surface area contributed by atoms with Crippen molar-refractivity contribution in [1.29, 1.82) is 0 Å². The number of nitrogens with one attached hydrogen (secondary N) is 1. The van der Waals surface area contributed by atoms with Gasteiger partial charge in [0.05, 0.1) is 17.7 Å². The summed E-state index contributed by atoms with van der Waals surface area (Å²) in [5.41, 5.74) is 4.42. The van der Waals surface area contributed by atoms with Crippen molar-refractivity contribution in [2.75, 3.05) is 18.0 Å². The van der Waals surface area contributed by atoms with Crippen LogP contribution in [-0.4, -0.2) is 33.7 Å². The van der Waals surface area contributed by atoms with Gasteiger partial charge < -0.3 is 4.74 Å². The summed E-state index contributed by atoms with van der Waals surface area (Å²) in [4.78, 5) is 12.6. The van der Waals surface area contributed by atoms with Crippen LogP contribution in [0.4, 0.5) is 5.69 Å². The summed E-state index contributed by atoms with van der Waals surface area (Å²) in [6.07, 6.45) is 1.41. The maximum absolute atomic E-state index is 13.4. The summed E-state index contributed by atoms with van der Waals surface area (Å²) < 4.78 is 33.1. The normalized spacial score (nSPS) is 10.9. The molecule has 2 aromatic carbocycles. The first kappa shape index (κ1) is 22.4. The number of benzene rings is 2. The van der Waals surface area contributed by atoms with E-state index in [-0.39, 0.29) is 4.90 Å². The topological polar surface area (TPSA) is 88.1 Å². The molecular formula is C21H27N3O4S. The number of nitrogens with zero attached hydrogens (tertiary/aromatic N) is 2. The first-order valence-electron chi connectivity index (χ1n) is 9.40. The molecule has 0 atom stereocenters.